The minimum Gasteiger partial charge on any atom is -0.323 e. The number of amides is 3. The van der Waals surface area contributed by atoms with Crippen LogP contribution in [-0.2, 0) is 18.4 Å². The first kappa shape index (κ1) is 19.6. The standard InChI is InChI=1S/C20H31N5O2/c1-6-20(18(26)25(11-14(2)3)19(27)21-20)17-7-9-24(10-8-17)13-16-12-23(5)22-15(16)4/h12,17H,2,6-11,13H2,1,3-5H3,(H,21,27). The molecule has 7 nitrogen and oxygen atoms in total. The molecule has 1 unspecified atom stereocenters. The molecular formula is C20H31N5O2. The molecule has 0 saturated carbocycles. The Bertz CT molecular complexity index is 748. The minimum atomic E-state index is -0.761. The van der Waals surface area contributed by atoms with Crippen LogP contribution in [-0.4, -0.2) is 56.7 Å². The number of hydrogen-bond acceptors (Lipinski definition) is 4. The first-order valence-corrected chi connectivity index (χ1v) is 9.76. The Labute approximate surface area is 161 Å². The average molecular weight is 374 g/mol. The topological polar surface area (TPSA) is 70.5 Å². The molecule has 7 heteroatoms. The van der Waals surface area contributed by atoms with Gasteiger partial charge in [-0.2, -0.15) is 5.10 Å². The van der Waals surface area contributed by atoms with Crippen molar-refractivity contribution in [1.82, 2.24) is 24.9 Å². The van der Waals surface area contributed by atoms with Crippen LogP contribution in [0.3, 0.4) is 0 Å². The van der Waals surface area contributed by atoms with E-state index in [-0.39, 0.29) is 17.9 Å². The first-order valence-electron chi connectivity index (χ1n) is 9.76. The van der Waals surface area contributed by atoms with Crippen LogP contribution in [0.15, 0.2) is 18.3 Å². The summed E-state index contributed by atoms with van der Waals surface area (Å²) in [5.74, 6) is 0.0832. The van der Waals surface area contributed by atoms with Gasteiger partial charge in [0.25, 0.3) is 5.91 Å². The third kappa shape index (κ3) is 3.65. The Morgan fingerprint density at radius 3 is 2.56 bits per heavy atom. The Balaban J connectivity index is 1.67. The van der Waals surface area contributed by atoms with Gasteiger partial charge in [-0.3, -0.25) is 19.3 Å². The fraction of sp³-hybridized carbons (Fsp3) is 0.650. The fourth-order valence-corrected chi connectivity index (χ4v) is 4.49. The number of nitrogens with zero attached hydrogens (tertiary/aromatic N) is 4. The lowest BCUT2D eigenvalue weighted by molar-refractivity contribution is -0.134. The monoisotopic (exact) mass is 373 g/mol. The van der Waals surface area contributed by atoms with Gasteiger partial charge in [0.05, 0.1) is 12.2 Å². The van der Waals surface area contributed by atoms with E-state index < -0.39 is 5.54 Å². The summed E-state index contributed by atoms with van der Waals surface area (Å²) < 4.78 is 1.85. The zero-order valence-corrected chi connectivity index (χ0v) is 16.9. The van der Waals surface area contributed by atoms with Crippen molar-refractivity contribution < 1.29 is 9.59 Å². The molecule has 1 atom stereocenters. The third-order valence-electron chi connectivity index (χ3n) is 5.98. The number of piperidine rings is 1. The van der Waals surface area contributed by atoms with Crippen molar-refractivity contribution in [3.8, 4) is 0 Å². The van der Waals surface area contributed by atoms with Crippen LogP contribution in [0.4, 0.5) is 4.79 Å². The predicted molar refractivity (Wildman–Crippen MR) is 104 cm³/mol. The molecule has 2 saturated heterocycles. The molecule has 0 radical (unpaired) electrons. The number of hydrogen-bond donors (Lipinski definition) is 1. The van der Waals surface area contributed by atoms with Crippen LogP contribution in [0.5, 0.6) is 0 Å². The molecule has 1 aromatic heterocycles. The van der Waals surface area contributed by atoms with E-state index in [2.05, 4.69) is 28.1 Å². The molecule has 148 valence electrons. The highest BCUT2D eigenvalue weighted by Crippen LogP contribution is 2.36. The number of aryl methyl sites for hydroxylation is 2. The van der Waals surface area contributed by atoms with Gasteiger partial charge in [0.15, 0.2) is 0 Å². The van der Waals surface area contributed by atoms with Crippen LogP contribution in [0.25, 0.3) is 0 Å². The van der Waals surface area contributed by atoms with Gasteiger partial charge in [-0.05, 0) is 52.1 Å². The van der Waals surface area contributed by atoms with Crippen molar-refractivity contribution in [2.45, 2.75) is 52.1 Å². The smallest absolute Gasteiger partial charge is 0.323 e. The number of imide groups is 1. The molecule has 1 aromatic rings. The van der Waals surface area contributed by atoms with Crippen LogP contribution in [0.2, 0.25) is 0 Å². The van der Waals surface area contributed by atoms with E-state index in [9.17, 15) is 9.59 Å². The molecule has 27 heavy (non-hydrogen) atoms. The summed E-state index contributed by atoms with van der Waals surface area (Å²) in [6, 6.07) is -0.279. The number of nitrogens with one attached hydrogen (secondary N) is 1. The van der Waals surface area contributed by atoms with Gasteiger partial charge in [-0.1, -0.05) is 19.1 Å². The zero-order chi connectivity index (χ0) is 19.8. The van der Waals surface area contributed by atoms with E-state index in [4.69, 9.17) is 0 Å². The van der Waals surface area contributed by atoms with Gasteiger partial charge >= 0.3 is 6.03 Å². The highest BCUT2D eigenvalue weighted by atomic mass is 16.2. The van der Waals surface area contributed by atoms with E-state index in [1.807, 2.05) is 32.5 Å². The summed E-state index contributed by atoms with van der Waals surface area (Å²) in [5.41, 5.74) is 2.37. The second-order valence-corrected chi connectivity index (χ2v) is 8.07. The highest BCUT2D eigenvalue weighted by Gasteiger charge is 2.54. The van der Waals surface area contributed by atoms with E-state index >= 15 is 0 Å². The van der Waals surface area contributed by atoms with Gasteiger partial charge in [0, 0.05) is 25.4 Å². The van der Waals surface area contributed by atoms with E-state index in [1.165, 1.54) is 10.5 Å². The maximum Gasteiger partial charge on any atom is 0.325 e. The Kier molecular flexibility index (Phi) is 5.42. The number of aromatic nitrogens is 2. The maximum absolute atomic E-state index is 13.1. The van der Waals surface area contributed by atoms with Crippen LogP contribution >= 0.6 is 0 Å². The number of carbonyl (C=O) groups excluding carboxylic acids is 2. The molecule has 3 heterocycles. The minimum absolute atomic E-state index is 0.0837. The van der Waals surface area contributed by atoms with Gasteiger partial charge in [0.2, 0.25) is 0 Å². The fourth-order valence-electron chi connectivity index (χ4n) is 4.49. The predicted octanol–water partition coefficient (Wildman–Crippen LogP) is 2.22. The molecule has 3 rings (SSSR count). The van der Waals surface area contributed by atoms with E-state index in [0.29, 0.717) is 13.0 Å². The average Bonchev–Trinajstić information content (AvgIpc) is 3.06. The lowest BCUT2D eigenvalue weighted by Crippen LogP contribution is -2.55. The summed E-state index contributed by atoms with van der Waals surface area (Å²) in [6.45, 7) is 12.7. The maximum atomic E-state index is 13.1. The molecule has 0 bridgehead atoms. The van der Waals surface area contributed by atoms with E-state index in [0.717, 1.165) is 43.7 Å². The molecule has 2 fully saturated rings. The third-order valence-corrected chi connectivity index (χ3v) is 5.98. The van der Waals surface area contributed by atoms with Gasteiger partial charge < -0.3 is 5.32 Å². The number of likely N-dealkylation sites (tertiary alicyclic amines) is 1. The molecule has 3 amide bonds. The number of urea groups is 1. The van der Waals surface area contributed by atoms with Crippen molar-refractivity contribution in [3.63, 3.8) is 0 Å². The van der Waals surface area contributed by atoms with Gasteiger partial charge in [-0.25, -0.2) is 4.79 Å². The lowest BCUT2D eigenvalue weighted by Gasteiger charge is -2.40. The van der Waals surface area contributed by atoms with Crippen LogP contribution < -0.4 is 5.32 Å². The van der Waals surface area contributed by atoms with Crippen LogP contribution in [0.1, 0.15) is 44.4 Å². The summed E-state index contributed by atoms with van der Waals surface area (Å²) >= 11 is 0. The van der Waals surface area contributed by atoms with E-state index in [1.54, 1.807) is 0 Å². The number of rotatable bonds is 6. The largest absolute Gasteiger partial charge is 0.325 e. The second kappa shape index (κ2) is 7.46. The Morgan fingerprint density at radius 1 is 1.37 bits per heavy atom. The summed E-state index contributed by atoms with van der Waals surface area (Å²) in [4.78, 5) is 29.3. The van der Waals surface area contributed by atoms with Crippen LogP contribution in [0, 0.1) is 12.8 Å². The Morgan fingerprint density at radius 2 is 2.04 bits per heavy atom. The summed E-state index contributed by atoms with van der Waals surface area (Å²) in [6.07, 6.45) is 4.50. The van der Waals surface area contributed by atoms with Gasteiger partial charge in [-0.15, -0.1) is 0 Å². The summed E-state index contributed by atoms with van der Waals surface area (Å²) in [7, 11) is 1.94. The molecule has 0 spiro atoms. The molecule has 2 aliphatic heterocycles. The van der Waals surface area contributed by atoms with Crippen molar-refractivity contribution in [1.29, 1.82) is 0 Å². The highest BCUT2D eigenvalue weighted by molar-refractivity contribution is 6.07. The van der Waals surface area contributed by atoms with Crippen molar-refractivity contribution in [2.75, 3.05) is 19.6 Å². The molecular weight excluding hydrogens is 342 g/mol. The summed E-state index contributed by atoms with van der Waals surface area (Å²) in [5, 5.41) is 7.45. The van der Waals surface area contributed by atoms with Crippen molar-refractivity contribution >= 4 is 11.9 Å². The van der Waals surface area contributed by atoms with Crippen molar-refractivity contribution in [2.24, 2.45) is 13.0 Å². The number of carbonyl (C=O) groups is 2. The second-order valence-electron chi connectivity index (χ2n) is 8.07. The molecule has 0 aliphatic carbocycles. The lowest BCUT2D eigenvalue weighted by atomic mass is 9.75. The quantitative estimate of drug-likeness (QED) is 0.613. The zero-order valence-electron chi connectivity index (χ0n) is 16.9. The van der Waals surface area contributed by atoms with Crippen molar-refractivity contribution in [3.05, 3.63) is 29.6 Å². The molecule has 1 N–H and O–H groups in total. The Hall–Kier alpha value is -2.15. The molecule has 0 aromatic carbocycles. The van der Waals surface area contributed by atoms with Gasteiger partial charge in [0.1, 0.15) is 5.54 Å². The first-order chi connectivity index (χ1) is 12.8. The molecule has 2 aliphatic rings. The normalized spacial score (nSPS) is 24.5. The SMILES string of the molecule is C=C(C)CN1C(=O)NC(CC)(C2CCN(Cc3cn(C)nc3C)CC2)C1=O.